The fourth-order valence-electron chi connectivity index (χ4n) is 4.68. The zero-order valence-corrected chi connectivity index (χ0v) is 20.4. The normalized spacial score (nSPS) is 15.0. The highest BCUT2D eigenvalue weighted by Crippen LogP contribution is 2.37. The average molecular weight is 470 g/mol. The molecule has 0 fully saturated rings. The third kappa shape index (κ3) is 3.99. The van der Waals surface area contributed by atoms with E-state index in [0.717, 1.165) is 33.8 Å². The molecule has 34 heavy (non-hydrogen) atoms. The number of hydrogen-bond acceptors (Lipinski definition) is 1. The summed E-state index contributed by atoms with van der Waals surface area (Å²) < 4.78 is 2.20. The molecule has 5 heteroatoms. The molecule has 0 bridgehead atoms. The van der Waals surface area contributed by atoms with Crippen molar-refractivity contribution < 1.29 is 4.79 Å². The Morgan fingerprint density at radius 1 is 0.971 bits per heavy atom. The Balaban J connectivity index is 1.62. The van der Waals surface area contributed by atoms with Gasteiger partial charge >= 0.3 is 6.03 Å². The van der Waals surface area contributed by atoms with Gasteiger partial charge in [-0.15, -0.1) is 0 Å². The summed E-state index contributed by atoms with van der Waals surface area (Å²) in [6.07, 6.45) is 2.08. The molecule has 2 heterocycles. The Morgan fingerprint density at radius 3 is 2.50 bits per heavy atom. The first kappa shape index (κ1) is 22.3. The molecule has 5 rings (SSSR count). The molecule has 1 aliphatic heterocycles. The lowest BCUT2D eigenvalue weighted by Crippen LogP contribution is -2.38. The van der Waals surface area contributed by atoms with Crippen LogP contribution in [-0.2, 0) is 6.54 Å². The number of nitrogens with one attached hydrogen (secondary N) is 1. The fraction of sp³-hybridized carbons (Fsp3) is 0.207. The van der Waals surface area contributed by atoms with Crippen LogP contribution in [0.4, 0.5) is 10.5 Å². The first-order valence-electron chi connectivity index (χ1n) is 11.6. The van der Waals surface area contributed by atoms with Gasteiger partial charge in [-0.05, 0) is 65.4 Å². The van der Waals surface area contributed by atoms with Gasteiger partial charge in [0.25, 0.3) is 0 Å². The Morgan fingerprint density at radius 2 is 1.74 bits per heavy atom. The summed E-state index contributed by atoms with van der Waals surface area (Å²) in [6, 6.07) is 26.2. The van der Waals surface area contributed by atoms with E-state index in [1.54, 1.807) is 0 Å². The highest BCUT2D eigenvalue weighted by Gasteiger charge is 2.33. The summed E-state index contributed by atoms with van der Waals surface area (Å²) in [6.45, 7) is 6.79. The lowest BCUT2D eigenvalue weighted by atomic mass is 9.97. The summed E-state index contributed by atoms with van der Waals surface area (Å²) in [5.41, 5.74) is 7.19. The van der Waals surface area contributed by atoms with Gasteiger partial charge < -0.3 is 14.8 Å². The molecular weight excluding hydrogens is 442 g/mol. The standard InChI is InChI=1S/C29H28ClN3O/c1-19(2)21-13-15-22(16-14-21)28-27-12-7-17-32(27)26-11-5-4-8-23(26)18-33(28)29(34)31-25-10-6-9-24(30)20(25)3/h4-17,19,28H,18H2,1-3H3,(H,31,34)/t28-/m1/s1. The lowest BCUT2D eigenvalue weighted by Gasteiger charge is -2.31. The quantitative estimate of drug-likeness (QED) is 0.328. The van der Waals surface area contributed by atoms with Crippen LogP contribution in [0.3, 0.4) is 0 Å². The minimum atomic E-state index is -0.247. The van der Waals surface area contributed by atoms with Gasteiger partial charge in [0.2, 0.25) is 0 Å². The molecule has 0 aliphatic carbocycles. The van der Waals surface area contributed by atoms with Gasteiger partial charge in [-0.25, -0.2) is 4.79 Å². The number of hydrogen-bond donors (Lipinski definition) is 1. The summed E-state index contributed by atoms with van der Waals surface area (Å²) in [5.74, 6) is 0.446. The van der Waals surface area contributed by atoms with E-state index in [4.69, 9.17) is 11.6 Å². The van der Waals surface area contributed by atoms with Gasteiger partial charge in [0.15, 0.2) is 0 Å². The molecular formula is C29H28ClN3O. The first-order valence-corrected chi connectivity index (χ1v) is 12.0. The predicted octanol–water partition coefficient (Wildman–Crippen LogP) is 7.70. The van der Waals surface area contributed by atoms with Crippen LogP contribution in [0.1, 0.15) is 53.8 Å². The van der Waals surface area contributed by atoms with E-state index >= 15 is 0 Å². The second kappa shape index (κ2) is 9.03. The van der Waals surface area contributed by atoms with Crippen LogP contribution in [0.15, 0.2) is 85.1 Å². The van der Waals surface area contributed by atoms with Gasteiger partial charge in [-0.3, -0.25) is 0 Å². The fourth-order valence-corrected chi connectivity index (χ4v) is 4.86. The number of urea groups is 1. The van der Waals surface area contributed by atoms with Crippen LogP contribution in [0.5, 0.6) is 0 Å². The number of rotatable bonds is 3. The Kier molecular flexibility index (Phi) is 5.93. The van der Waals surface area contributed by atoms with Crippen molar-refractivity contribution in [3.63, 3.8) is 0 Å². The molecule has 1 aliphatic rings. The molecule has 2 amide bonds. The maximum Gasteiger partial charge on any atom is 0.322 e. The van der Waals surface area contributed by atoms with Crippen LogP contribution >= 0.6 is 11.6 Å². The Bertz CT molecular complexity index is 1340. The van der Waals surface area contributed by atoms with Crippen molar-refractivity contribution >= 4 is 23.3 Å². The number of halogens is 1. The van der Waals surface area contributed by atoms with E-state index < -0.39 is 0 Å². The van der Waals surface area contributed by atoms with E-state index in [0.29, 0.717) is 17.5 Å². The third-order valence-corrected chi connectivity index (χ3v) is 7.06. The average Bonchev–Trinajstić information content (AvgIpc) is 3.26. The molecule has 1 N–H and O–H groups in total. The van der Waals surface area contributed by atoms with Crippen LogP contribution in [0.2, 0.25) is 5.02 Å². The summed E-state index contributed by atoms with van der Waals surface area (Å²) in [4.78, 5) is 15.8. The maximum atomic E-state index is 13.8. The second-order valence-electron chi connectivity index (χ2n) is 9.13. The van der Waals surface area contributed by atoms with Gasteiger partial charge in [0, 0.05) is 22.6 Å². The van der Waals surface area contributed by atoms with Gasteiger partial charge in [-0.1, -0.05) is 74.0 Å². The molecule has 0 spiro atoms. The van der Waals surface area contributed by atoms with E-state index in [-0.39, 0.29) is 12.1 Å². The van der Waals surface area contributed by atoms with Crippen LogP contribution in [0.25, 0.3) is 5.69 Å². The molecule has 0 saturated heterocycles. The molecule has 4 nitrogen and oxygen atoms in total. The van der Waals surface area contributed by atoms with Crippen molar-refractivity contribution in [3.05, 3.63) is 118 Å². The topological polar surface area (TPSA) is 37.3 Å². The lowest BCUT2D eigenvalue weighted by molar-refractivity contribution is 0.194. The smallest absolute Gasteiger partial charge is 0.318 e. The van der Waals surface area contributed by atoms with E-state index in [2.05, 4.69) is 72.4 Å². The Hall–Kier alpha value is -3.50. The SMILES string of the molecule is Cc1c(Cl)cccc1NC(=O)N1Cc2ccccc2-n2cccc2[C@H]1c1ccc(C(C)C)cc1. The predicted molar refractivity (Wildman–Crippen MR) is 139 cm³/mol. The van der Waals surface area contributed by atoms with E-state index in [9.17, 15) is 4.79 Å². The molecule has 0 unspecified atom stereocenters. The van der Waals surface area contributed by atoms with Crippen LogP contribution in [0, 0.1) is 6.92 Å². The molecule has 1 atom stereocenters. The molecule has 172 valence electrons. The maximum absolute atomic E-state index is 13.8. The van der Waals surface area contributed by atoms with Crippen molar-refractivity contribution in [2.45, 2.75) is 39.3 Å². The molecule has 1 aromatic heterocycles. The summed E-state index contributed by atoms with van der Waals surface area (Å²) >= 11 is 6.33. The first-order chi connectivity index (χ1) is 16.4. The zero-order chi connectivity index (χ0) is 23.8. The number of benzene rings is 3. The Labute approximate surface area is 205 Å². The monoisotopic (exact) mass is 469 g/mol. The zero-order valence-electron chi connectivity index (χ0n) is 19.6. The van der Waals surface area contributed by atoms with Crippen molar-refractivity contribution in [2.75, 3.05) is 5.32 Å². The number of aromatic nitrogens is 1. The van der Waals surface area contributed by atoms with Crippen molar-refractivity contribution in [1.29, 1.82) is 0 Å². The van der Waals surface area contributed by atoms with Crippen LogP contribution < -0.4 is 5.32 Å². The highest BCUT2D eigenvalue weighted by atomic mass is 35.5. The number of fused-ring (bicyclic) bond motifs is 3. The van der Waals surface area contributed by atoms with Crippen molar-refractivity contribution in [1.82, 2.24) is 9.47 Å². The number of para-hydroxylation sites is 1. The number of carbonyl (C=O) groups is 1. The number of amides is 2. The van der Waals surface area contributed by atoms with Crippen molar-refractivity contribution in [3.8, 4) is 5.69 Å². The van der Waals surface area contributed by atoms with Gasteiger partial charge in [0.05, 0.1) is 18.3 Å². The summed E-state index contributed by atoms with van der Waals surface area (Å²) in [7, 11) is 0. The molecule has 0 saturated carbocycles. The van der Waals surface area contributed by atoms with E-state index in [1.807, 2.05) is 48.2 Å². The molecule has 3 aromatic carbocycles. The second-order valence-corrected chi connectivity index (χ2v) is 9.53. The van der Waals surface area contributed by atoms with E-state index in [1.165, 1.54) is 5.56 Å². The largest absolute Gasteiger partial charge is 0.322 e. The number of anilines is 1. The molecule has 0 radical (unpaired) electrons. The summed E-state index contributed by atoms with van der Waals surface area (Å²) in [5, 5.41) is 3.76. The van der Waals surface area contributed by atoms with Crippen molar-refractivity contribution in [2.24, 2.45) is 0 Å². The number of carbonyl (C=O) groups excluding carboxylic acids is 1. The molecule has 4 aromatic rings. The van der Waals surface area contributed by atoms with Gasteiger partial charge in [0.1, 0.15) is 0 Å². The number of nitrogens with zero attached hydrogens (tertiary/aromatic N) is 2. The minimum absolute atomic E-state index is 0.159. The highest BCUT2D eigenvalue weighted by molar-refractivity contribution is 6.31. The minimum Gasteiger partial charge on any atom is -0.318 e. The van der Waals surface area contributed by atoms with Gasteiger partial charge in [-0.2, -0.15) is 0 Å². The van der Waals surface area contributed by atoms with Crippen LogP contribution in [-0.4, -0.2) is 15.5 Å². The third-order valence-electron chi connectivity index (χ3n) is 6.65.